The Bertz CT molecular complexity index is 1180. The molecule has 0 bridgehead atoms. The Kier molecular flexibility index (Phi) is 6.08. The van der Waals surface area contributed by atoms with Crippen molar-refractivity contribution < 1.29 is 24.2 Å². The Morgan fingerprint density at radius 2 is 1.64 bits per heavy atom. The molecule has 1 aliphatic carbocycles. The molecule has 0 saturated carbocycles. The number of carboxylic acid groups (broad SMARTS) is 1. The van der Waals surface area contributed by atoms with E-state index in [0.717, 1.165) is 27.2 Å². The van der Waals surface area contributed by atoms with Gasteiger partial charge in [-0.3, -0.25) is 10.1 Å². The van der Waals surface area contributed by atoms with E-state index in [9.17, 15) is 19.5 Å². The molecule has 2 amide bonds. The number of likely N-dealkylation sites (N-methyl/N-ethyl adjacent to an activating group) is 1. The van der Waals surface area contributed by atoms with Gasteiger partial charge in [-0.2, -0.15) is 0 Å². The van der Waals surface area contributed by atoms with E-state index in [4.69, 9.17) is 4.74 Å². The number of nitrogens with zero attached hydrogens (tertiary/aromatic N) is 2. The molecule has 0 radical (unpaired) electrons. The van der Waals surface area contributed by atoms with Crippen LogP contribution >= 0.6 is 0 Å². The lowest BCUT2D eigenvalue weighted by atomic mass is 9.98. The van der Waals surface area contributed by atoms with Crippen molar-refractivity contribution in [2.75, 3.05) is 19.0 Å². The number of aliphatic carboxylic acids is 1. The number of fused-ring (bicyclic) bond motifs is 3. The van der Waals surface area contributed by atoms with E-state index in [2.05, 4.69) is 22.4 Å². The number of carbonyl (C=O) groups excluding carboxylic acids is 2. The highest BCUT2D eigenvalue weighted by Crippen LogP contribution is 2.44. The van der Waals surface area contributed by atoms with Crippen LogP contribution in [0, 0.1) is 0 Å². The van der Waals surface area contributed by atoms with Crippen LogP contribution in [0.4, 0.5) is 10.5 Å². The summed E-state index contributed by atoms with van der Waals surface area (Å²) in [6.07, 6.45) is 0.669. The minimum Gasteiger partial charge on any atom is -0.480 e. The first kappa shape index (κ1) is 22.0. The molecule has 0 aliphatic heterocycles. The van der Waals surface area contributed by atoms with Crippen LogP contribution in [-0.4, -0.2) is 52.7 Å². The molecule has 1 heterocycles. The number of nitrogens with one attached hydrogen (secondary N) is 1. The van der Waals surface area contributed by atoms with Crippen LogP contribution < -0.4 is 5.32 Å². The van der Waals surface area contributed by atoms with Crippen LogP contribution in [0.2, 0.25) is 0 Å². The minimum atomic E-state index is -1.15. The molecule has 0 saturated heterocycles. The molecule has 33 heavy (non-hydrogen) atoms. The van der Waals surface area contributed by atoms with E-state index < -0.39 is 24.0 Å². The third-order valence-corrected chi connectivity index (χ3v) is 5.85. The molecule has 0 spiro atoms. The third kappa shape index (κ3) is 4.27. The van der Waals surface area contributed by atoms with Gasteiger partial charge >= 0.3 is 12.1 Å². The van der Waals surface area contributed by atoms with Crippen molar-refractivity contribution >= 4 is 23.7 Å². The molecule has 3 aromatic rings. The fourth-order valence-electron chi connectivity index (χ4n) is 3.93. The maximum absolute atomic E-state index is 12.7. The number of pyridine rings is 1. The number of anilines is 1. The van der Waals surface area contributed by atoms with Crippen molar-refractivity contribution in [1.29, 1.82) is 0 Å². The highest BCUT2D eigenvalue weighted by Gasteiger charge is 2.30. The predicted octanol–water partition coefficient (Wildman–Crippen LogP) is 3.99. The summed E-state index contributed by atoms with van der Waals surface area (Å²) in [6, 6.07) is 18.1. The van der Waals surface area contributed by atoms with Crippen LogP contribution in [-0.2, 0) is 9.53 Å². The Hall–Kier alpha value is -4.20. The van der Waals surface area contributed by atoms with Crippen molar-refractivity contribution in [3.8, 4) is 11.1 Å². The molecule has 8 nitrogen and oxygen atoms in total. The number of benzene rings is 2. The fourth-order valence-corrected chi connectivity index (χ4v) is 3.93. The SMILES string of the molecule is C[C@@H](C(=O)O)N(C)C(=O)c1ncccc1NC(=O)OCC1c2ccccc2-c2ccccc21. The van der Waals surface area contributed by atoms with Gasteiger partial charge in [0, 0.05) is 19.2 Å². The van der Waals surface area contributed by atoms with Gasteiger partial charge in [0.05, 0.1) is 5.69 Å². The van der Waals surface area contributed by atoms with Gasteiger partial charge in [0.1, 0.15) is 12.6 Å². The molecule has 0 fully saturated rings. The summed E-state index contributed by atoms with van der Waals surface area (Å²) in [5.74, 6) is -1.87. The van der Waals surface area contributed by atoms with Crippen LogP contribution in [0.15, 0.2) is 66.9 Å². The Balaban J connectivity index is 1.48. The number of carboxylic acids is 1. The summed E-state index contributed by atoms with van der Waals surface area (Å²) in [5.41, 5.74) is 4.50. The second kappa shape index (κ2) is 9.12. The standard InChI is InChI=1S/C25H23N3O5/c1-15(24(30)31)28(2)23(29)22-21(12-7-13-26-22)27-25(32)33-14-20-18-10-5-3-8-16(18)17-9-4-6-11-19(17)20/h3-13,15,20H,14H2,1-2H3,(H,27,32)(H,30,31)/t15-/m0/s1. The smallest absolute Gasteiger partial charge is 0.411 e. The lowest BCUT2D eigenvalue weighted by Crippen LogP contribution is -2.40. The molecule has 0 unspecified atom stereocenters. The van der Waals surface area contributed by atoms with E-state index in [1.807, 2.05) is 36.4 Å². The Labute approximate surface area is 190 Å². The van der Waals surface area contributed by atoms with E-state index in [1.165, 1.54) is 26.2 Å². The fraction of sp³-hybridized carbons (Fsp3) is 0.200. The second-order valence-corrected chi connectivity index (χ2v) is 7.78. The lowest BCUT2D eigenvalue weighted by molar-refractivity contribution is -0.141. The van der Waals surface area contributed by atoms with Gasteiger partial charge in [0.25, 0.3) is 5.91 Å². The first-order chi connectivity index (χ1) is 15.9. The number of amides is 2. The summed E-state index contributed by atoms with van der Waals surface area (Å²) >= 11 is 0. The van der Waals surface area contributed by atoms with E-state index >= 15 is 0 Å². The van der Waals surface area contributed by atoms with E-state index in [0.29, 0.717) is 0 Å². The zero-order valence-corrected chi connectivity index (χ0v) is 18.2. The van der Waals surface area contributed by atoms with Crippen molar-refractivity contribution in [2.45, 2.75) is 18.9 Å². The number of rotatable bonds is 6. The average Bonchev–Trinajstić information content (AvgIpc) is 3.15. The normalized spacial score (nSPS) is 12.9. The molecule has 1 aliphatic rings. The molecule has 2 N–H and O–H groups in total. The van der Waals surface area contributed by atoms with Gasteiger partial charge in [-0.05, 0) is 41.3 Å². The summed E-state index contributed by atoms with van der Waals surface area (Å²) in [7, 11) is 1.37. The average molecular weight is 445 g/mol. The minimum absolute atomic E-state index is 0.0680. The van der Waals surface area contributed by atoms with Crippen LogP contribution in [0.25, 0.3) is 11.1 Å². The van der Waals surface area contributed by atoms with Gasteiger partial charge in [0.2, 0.25) is 0 Å². The van der Waals surface area contributed by atoms with Crippen LogP contribution in [0.5, 0.6) is 0 Å². The molecule has 1 aromatic heterocycles. The third-order valence-electron chi connectivity index (χ3n) is 5.85. The predicted molar refractivity (Wildman–Crippen MR) is 122 cm³/mol. The molecule has 4 rings (SSSR count). The van der Waals surface area contributed by atoms with Gasteiger partial charge < -0.3 is 14.7 Å². The van der Waals surface area contributed by atoms with Crippen LogP contribution in [0.3, 0.4) is 0 Å². The highest BCUT2D eigenvalue weighted by molar-refractivity contribution is 6.02. The molecule has 2 aromatic carbocycles. The summed E-state index contributed by atoms with van der Waals surface area (Å²) in [5, 5.41) is 11.7. The first-order valence-electron chi connectivity index (χ1n) is 10.5. The summed E-state index contributed by atoms with van der Waals surface area (Å²) in [4.78, 5) is 41.7. The maximum atomic E-state index is 12.7. The highest BCUT2D eigenvalue weighted by atomic mass is 16.5. The molecule has 168 valence electrons. The zero-order valence-electron chi connectivity index (χ0n) is 18.2. The van der Waals surface area contributed by atoms with E-state index in [1.54, 1.807) is 6.07 Å². The van der Waals surface area contributed by atoms with Gasteiger partial charge in [-0.25, -0.2) is 14.6 Å². The number of hydrogen-bond donors (Lipinski definition) is 2. The Morgan fingerprint density at radius 3 is 2.24 bits per heavy atom. The second-order valence-electron chi connectivity index (χ2n) is 7.78. The largest absolute Gasteiger partial charge is 0.480 e. The number of aromatic nitrogens is 1. The monoisotopic (exact) mass is 445 g/mol. The van der Waals surface area contributed by atoms with Crippen LogP contribution in [0.1, 0.15) is 34.5 Å². The molecular formula is C25H23N3O5. The maximum Gasteiger partial charge on any atom is 0.411 e. The number of carbonyl (C=O) groups is 3. The van der Waals surface area contributed by atoms with Crippen molar-refractivity contribution in [3.63, 3.8) is 0 Å². The molecular weight excluding hydrogens is 422 g/mol. The molecule has 8 heteroatoms. The van der Waals surface area contributed by atoms with Crippen molar-refractivity contribution in [3.05, 3.63) is 83.7 Å². The quantitative estimate of drug-likeness (QED) is 0.594. The van der Waals surface area contributed by atoms with Gasteiger partial charge in [-0.15, -0.1) is 0 Å². The first-order valence-corrected chi connectivity index (χ1v) is 10.5. The Morgan fingerprint density at radius 1 is 1.03 bits per heavy atom. The van der Waals surface area contributed by atoms with Crippen molar-refractivity contribution in [1.82, 2.24) is 9.88 Å². The molecule has 1 atom stereocenters. The number of ether oxygens (including phenoxy) is 1. The number of hydrogen-bond acceptors (Lipinski definition) is 5. The topological polar surface area (TPSA) is 109 Å². The zero-order chi connectivity index (χ0) is 23.5. The van der Waals surface area contributed by atoms with Crippen molar-refractivity contribution in [2.24, 2.45) is 0 Å². The van der Waals surface area contributed by atoms with E-state index in [-0.39, 0.29) is 23.9 Å². The summed E-state index contributed by atoms with van der Waals surface area (Å²) in [6.45, 7) is 1.52. The van der Waals surface area contributed by atoms with Gasteiger partial charge in [-0.1, -0.05) is 48.5 Å². The summed E-state index contributed by atoms with van der Waals surface area (Å²) < 4.78 is 5.53. The van der Waals surface area contributed by atoms with Gasteiger partial charge in [0.15, 0.2) is 5.69 Å². The lowest BCUT2D eigenvalue weighted by Gasteiger charge is -2.22.